The summed E-state index contributed by atoms with van der Waals surface area (Å²) in [7, 11) is 0. The topological polar surface area (TPSA) is 3.24 Å². The van der Waals surface area contributed by atoms with Gasteiger partial charge in [0, 0.05) is 19.1 Å². The van der Waals surface area contributed by atoms with Crippen molar-refractivity contribution in [2.45, 2.75) is 152 Å². The zero-order chi connectivity index (χ0) is 32.2. The fourth-order valence-electron chi connectivity index (χ4n) is 5.14. The molecule has 1 aliphatic heterocycles. The molecule has 0 aliphatic carbocycles. The van der Waals surface area contributed by atoms with Crippen molar-refractivity contribution >= 4 is 0 Å². The highest BCUT2D eigenvalue weighted by Gasteiger charge is 2.31. The maximum atomic E-state index is 4.31. The van der Waals surface area contributed by atoms with Crippen LogP contribution in [0.2, 0.25) is 0 Å². The predicted octanol–water partition coefficient (Wildman–Crippen LogP) is 13.1. The molecule has 0 aromatic heterocycles. The first-order valence-electron chi connectivity index (χ1n) is 17.5. The van der Waals surface area contributed by atoms with E-state index in [-0.39, 0.29) is 0 Å². The van der Waals surface area contributed by atoms with Crippen LogP contribution in [0.1, 0.15) is 148 Å². The molecule has 1 saturated heterocycles. The summed E-state index contributed by atoms with van der Waals surface area (Å²) in [6.07, 6.45) is 17.2. The van der Waals surface area contributed by atoms with Crippen LogP contribution in [0.25, 0.3) is 0 Å². The highest BCUT2D eigenvalue weighted by atomic mass is 15.2. The fourth-order valence-corrected chi connectivity index (χ4v) is 5.14. The van der Waals surface area contributed by atoms with E-state index in [1.165, 1.54) is 92.2 Å². The molecule has 0 bridgehead atoms. The quantitative estimate of drug-likeness (QED) is 0.227. The Morgan fingerprint density at radius 1 is 0.833 bits per heavy atom. The Morgan fingerprint density at radius 2 is 1.43 bits per heavy atom. The highest BCUT2D eigenvalue weighted by Crippen LogP contribution is 2.34. The molecular weight excluding hydrogens is 506 g/mol. The second-order valence-corrected chi connectivity index (χ2v) is 11.1. The van der Waals surface area contributed by atoms with Gasteiger partial charge < -0.3 is 0 Å². The van der Waals surface area contributed by atoms with Crippen LogP contribution in [0.3, 0.4) is 0 Å². The molecular formula is C41H71N. The van der Waals surface area contributed by atoms with Crippen LogP contribution in [-0.2, 0) is 6.42 Å². The third-order valence-corrected chi connectivity index (χ3v) is 7.53. The van der Waals surface area contributed by atoms with Gasteiger partial charge in [-0.3, -0.25) is 4.90 Å². The summed E-state index contributed by atoms with van der Waals surface area (Å²) in [5.74, 6) is 0.686. The van der Waals surface area contributed by atoms with E-state index in [1.807, 2.05) is 27.7 Å². The van der Waals surface area contributed by atoms with E-state index in [2.05, 4.69) is 121 Å². The molecule has 1 fully saturated rings. The lowest BCUT2D eigenvalue weighted by atomic mass is 9.92. The first-order chi connectivity index (χ1) is 20.4. The van der Waals surface area contributed by atoms with Gasteiger partial charge in [-0.15, -0.1) is 0 Å². The highest BCUT2D eigenvalue weighted by molar-refractivity contribution is 5.28. The molecule has 2 aromatic rings. The Labute approximate surface area is 264 Å². The zero-order valence-electron chi connectivity index (χ0n) is 30.1. The SMILES string of the molecule is C=C(CCCC)CCC1CC(c2cccc(CC)c2)CN1CC=CC.CC.CC.CCCCC.Cc1cccc(C)c1. The molecule has 42 heavy (non-hydrogen) atoms. The Bertz CT molecular complexity index is 889. The van der Waals surface area contributed by atoms with Crippen LogP contribution in [0.5, 0.6) is 0 Å². The summed E-state index contributed by atoms with van der Waals surface area (Å²) in [6, 6.07) is 18.4. The zero-order valence-corrected chi connectivity index (χ0v) is 30.1. The summed E-state index contributed by atoms with van der Waals surface area (Å²) >= 11 is 0. The summed E-state index contributed by atoms with van der Waals surface area (Å²) in [4.78, 5) is 2.69. The van der Waals surface area contributed by atoms with Gasteiger partial charge >= 0.3 is 0 Å². The van der Waals surface area contributed by atoms with Crippen molar-refractivity contribution in [1.82, 2.24) is 4.90 Å². The number of allylic oxidation sites excluding steroid dienone is 2. The van der Waals surface area contributed by atoms with Gasteiger partial charge in [0.2, 0.25) is 0 Å². The molecule has 1 nitrogen and oxygen atoms in total. The summed E-state index contributed by atoms with van der Waals surface area (Å²) < 4.78 is 0. The number of hydrogen-bond acceptors (Lipinski definition) is 1. The molecule has 2 atom stereocenters. The van der Waals surface area contributed by atoms with Crippen LogP contribution in [0.4, 0.5) is 0 Å². The van der Waals surface area contributed by atoms with Crippen molar-refractivity contribution < 1.29 is 0 Å². The van der Waals surface area contributed by atoms with Crippen LogP contribution in [0.15, 0.2) is 72.8 Å². The van der Waals surface area contributed by atoms with Gasteiger partial charge in [0.1, 0.15) is 0 Å². The van der Waals surface area contributed by atoms with Crippen molar-refractivity contribution in [3.63, 3.8) is 0 Å². The minimum absolute atomic E-state index is 0.686. The lowest BCUT2D eigenvalue weighted by molar-refractivity contribution is 0.267. The van der Waals surface area contributed by atoms with Crippen molar-refractivity contribution in [2.75, 3.05) is 13.1 Å². The van der Waals surface area contributed by atoms with Gasteiger partial charge in [0.25, 0.3) is 0 Å². The Hall–Kier alpha value is -2.12. The molecule has 240 valence electrons. The van der Waals surface area contributed by atoms with Crippen LogP contribution in [-0.4, -0.2) is 24.0 Å². The molecule has 0 amide bonds. The number of rotatable bonds is 12. The second-order valence-electron chi connectivity index (χ2n) is 11.1. The third kappa shape index (κ3) is 19.9. The largest absolute Gasteiger partial charge is 0.296 e. The normalized spacial score (nSPS) is 15.7. The maximum absolute atomic E-state index is 4.31. The number of aryl methyl sites for hydroxylation is 3. The molecule has 2 unspecified atom stereocenters. The third-order valence-electron chi connectivity index (χ3n) is 7.53. The fraction of sp³-hybridized carbons (Fsp3) is 0.610. The van der Waals surface area contributed by atoms with Crippen molar-refractivity contribution in [3.8, 4) is 0 Å². The standard InChI is InChI=1S/C24H37N.C8H10.C5H12.2C2H6/c1-5-8-11-20(4)14-15-24-18-23(19-25(24)16-9-6-2)22-13-10-12-21(7-3)17-22;1-7-4-3-5-8(2)6-7;1-3-5-4-2;2*1-2/h6,9-10,12-13,17,23-24H,4-5,7-8,11,14-16,18-19H2,1-3H3;3-6H,1-2H3;3-5H2,1-2H3;2*1-2H3. The molecule has 0 N–H and O–H groups in total. The van der Waals surface area contributed by atoms with Crippen molar-refractivity contribution in [2.24, 2.45) is 0 Å². The average Bonchev–Trinajstić information content (AvgIpc) is 3.44. The van der Waals surface area contributed by atoms with Gasteiger partial charge in [-0.25, -0.2) is 0 Å². The van der Waals surface area contributed by atoms with E-state index in [9.17, 15) is 0 Å². The number of likely N-dealkylation sites (tertiary alicyclic amines) is 1. The number of nitrogens with zero attached hydrogens (tertiary/aromatic N) is 1. The molecule has 0 saturated carbocycles. The molecule has 0 spiro atoms. The van der Waals surface area contributed by atoms with E-state index in [0.717, 1.165) is 13.0 Å². The van der Waals surface area contributed by atoms with E-state index >= 15 is 0 Å². The van der Waals surface area contributed by atoms with E-state index < -0.39 is 0 Å². The predicted molar refractivity (Wildman–Crippen MR) is 195 cm³/mol. The van der Waals surface area contributed by atoms with Gasteiger partial charge in [-0.2, -0.15) is 0 Å². The first-order valence-corrected chi connectivity index (χ1v) is 17.5. The summed E-state index contributed by atoms with van der Waals surface area (Å²) in [5, 5.41) is 0. The van der Waals surface area contributed by atoms with E-state index in [0.29, 0.717) is 12.0 Å². The van der Waals surface area contributed by atoms with E-state index in [1.54, 1.807) is 0 Å². The van der Waals surface area contributed by atoms with Gasteiger partial charge in [0.15, 0.2) is 0 Å². The van der Waals surface area contributed by atoms with Crippen molar-refractivity contribution in [1.29, 1.82) is 0 Å². The number of hydrogen-bond donors (Lipinski definition) is 0. The molecule has 0 radical (unpaired) electrons. The maximum Gasteiger partial charge on any atom is 0.0166 e. The molecule has 1 heterocycles. The number of benzene rings is 2. The van der Waals surface area contributed by atoms with Crippen molar-refractivity contribution in [3.05, 3.63) is 95.1 Å². The first kappa shape index (κ1) is 42.0. The second kappa shape index (κ2) is 29.0. The lowest BCUT2D eigenvalue weighted by Gasteiger charge is -2.23. The van der Waals surface area contributed by atoms with Gasteiger partial charge in [0.05, 0.1) is 0 Å². The summed E-state index contributed by atoms with van der Waals surface area (Å²) in [5.41, 5.74) is 7.13. The van der Waals surface area contributed by atoms with Gasteiger partial charge in [-0.1, -0.05) is 165 Å². The number of unbranched alkanes of at least 4 members (excludes halogenated alkanes) is 3. The summed E-state index contributed by atoms with van der Waals surface area (Å²) in [6.45, 7) is 29.9. The molecule has 1 heteroatoms. The minimum atomic E-state index is 0.686. The Balaban J connectivity index is 0. The molecule has 3 rings (SSSR count). The van der Waals surface area contributed by atoms with Crippen LogP contribution >= 0.6 is 0 Å². The smallest absolute Gasteiger partial charge is 0.0166 e. The minimum Gasteiger partial charge on any atom is -0.296 e. The average molecular weight is 578 g/mol. The Kier molecular flexibility index (Phi) is 29.0. The van der Waals surface area contributed by atoms with Crippen LogP contribution < -0.4 is 0 Å². The van der Waals surface area contributed by atoms with E-state index in [4.69, 9.17) is 0 Å². The molecule has 1 aliphatic rings. The molecule has 2 aromatic carbocycles. The van der Waals surface area contributed by atoms with Gasteiger partial charge in [-0.05, 0) is 76.3 Å². The van der Waals surface area contributed by atoms with Crippen LogP contribution in [0, 0.1) is 13.8 Å². The lowest BCUT2D eigenvalue weighted by Crippen LogP contribution is -2.29. The Morgan fingerprint density at radius 3 is 1.90 bits per heavy atom. The monoisotopic (exact) mass is 578 g/mol.